The van der Waals surface area contributed by atoms with Gasteiger partial charge in [-0.15, -0.1) is 6.42 Å². The largest absolute Gasteiger partial charge is 0.444 e. The minimum absolute atomic E-state index is 0.224. The van der Waals surface area contributed by atoms with Crippen LogP contribution in [0, 0.1) is 18.3 Å². The van der Waals surface area contributed by atoms with Gasteiger partial charge in [-0.25, -0.2) is 4.79 Å². The fourth-order valence-corrected chi connectivity index (χ4v) is 1.80. The first kappa shape index (κ1) is 13.6. The second-order valence-corrected chi connectivity index (χ2v) is 5.27. The summed E-state index contributed by atoms with van der Waals surface area (Å²) in [7, 11) is 0. The van der Waals surface area contributed by atoms with E-state index in [1.807, 2.05) is 20.8 Å². The summed E-state index contributed by atoms with van der Waals surface area (Å²) in [5, 5.41) is 0. The fraction of sp³-hybridized carbons (Fsp3) is 0.692. The highest BCUT2D eigenvalue weighted by Gasteiger charge is 2.30. The number of Topliss-reactive ketones (excluding diaryl/α,β-unsaturated/α-hetero) is 1. The van der Waals surface area contributed by atoms with E-state index in [1.165, 1.54) is 0 Å². The number of ether oxygens (including phenoxy) is 1. The molecule has 0 saturated carbocycles. The number of ketones is 1. The third-order valence-corrected chi connectivity index (χ3v) is 2.59. The molecule has 1 aliphatic heterocycles. The molecule has 94 valence electrons. The predicted molar refractivity (Wildman–Crippen MR) is 64.4 cm³/mol. The van der Waals surface area contributed by atoms with Gasteiger partial charge in [-0.05, 0) is 39.5 Å². The Labute approximate surface area is 102 Å². The maximum absolute atomic E-state index is 11.8. The number of amides is 1. The van der Waals surface area contributed by atoms with E-state index < -0.39 is 5.60 Å². The maximum Gasteiger partial charge on any atom is 0.410 e. The smallest absolute Gasteiger partial charge is 0.410 e. The number of hydrogen-bond acceptors (Lipinski definition) is 3. The maximum atomic E-state index is 11.8. The number of nitrogens with zero attached hydrogens (tertiary/aromatic N) is 1. The summed E-state index contributed by atoms with van der Waals surface area (Å²) in [6.45, 7) is 6.46. The average Bonchev–Trinajstić information content (AvgIpc) is 2.26. The Bertz CT molecular complexity index is 349. The van der Waals surface area contributed by atoms with Crippen molar-refractivity contribution in [1.82, 2.24) is 4.90 Å². The summed E-state index contributed by atoms with van der Waals surface area (Å²) < 4.78 is 5.26. The lowest BCUT2D eigenvalue weighted by molar-refractivity contribution is -0.118. The summed E-state index contributed by atoms with van der Waals surface area (Å²) in [5.74, 6) is 1.67. The molecule has 0 radical (unpaired) electrons. The summed E-state index contributed by atoms with van der Waals surface area (Å²) in [5.41, 5.74) is -0.514. The molecule has 1 amide bonds. The van der Waals surface area contributed by atoms with Crippen molar-refractivity contribution >= 4 is 11.9 Å². The highest BCUT2D eigenvalue weighted by molar-refractivity contribution is 5.97. The van der Waals surface area contributed by atoms with Gasteiger partial charge < -0.3 is 9.64 Å². The Morgan fingerprint density at radius 1 is 1.41 bits per heavy atom. The van der Waals surface area contributed by atoms with Crippen LogP contribution in [0.25, 0.3) is 0 Å². The van der Waals surface area contributed by atoms with E-state index in [0.717, 1.165) is 12.8 Å². The van der Waals surface area contributed by atoms with Crippen molar-refractivity contribution in [3.8, 4) is 12.3 Å². The van der Waals surface area contributed by atoms with Gasteiger partial charge >= 0.3 is 6.09 Å². The molecule has 0 aromatic rings. The van der Waals surface area contributed by atoms with Gasteiger partial charge in [0.05, 0.1) is 0 Å². The highest BCUT2D eigenvalue weighted by Crippen LogP contribution is 2.19. The minimum Gasteiger partial charge on any atom is -0.444 e. The Kier molecular flexibility index (Phi) is 4.17. The van der Waals surface area contributed by atoms with Gasteiger partial charge in [0.25, 0.3) is 0 Å². The number of carbonyl (C=O) groups excluding carboxylic acids is 2. The molecule has 1 atom stereocenters. The summed E-state index contributed by atoms with van der Waals surface area (Å²) >= 11 is 0. The number of piperidine rings is 1. The first-order valence-corrected chi connectivity index (χ1v) is 5.82. The normalized spacial score (nSPS) is 20.6. The van der Waals surface area contributed by atoms with E-state index in [1.54, 1.807) is 4.90 Å². The molecular formula is C13H19NO3. The van der Waals surface area contributed by atoms with Crippen molar-refractivity contribution in [3.63, 3.8) is 0 Å². The van der Waals surface area contributed by atoms with Gasteiger partial charge in [-0.3, -0.25) is 4.79 Å². The van der Waals surface area contributed by atoms with E-state index in [0.29, 0.717) is 13.1 Å². The van der Waals surface area contributed by atoms with Gasteiger partial charge in [-0.1, -0.05) is 0 Å². The molecule has 1 fully saturated rings. The quantitative estimate of drug-likeness (QED) is 0.516. The fourth-order valence-electron chi connectivity index (χ4n) is 1.80. The standard InChI is InChI=1S/C13H19NO3/c1-5-11(15)10-7-6-8-14(9-10)12(16)17-13(2,3)4/h1,10H,6-9H2,2-4H3/t10-/m1/s1. The first-order chi connectivity index (χ1) is 7.83. The Hall–Kier alpha value is -1.50. The lowest BCUT2D eigenvalue weighted by Gasteiger charge is -2.32. The molecule has 0 bridgehead atoms. The van der Waals surface area contributed by atoms with Crippen LogP contribution in [0.4, 0.5) is 4.79 Å². The minimum atomic E-state index is -0.514. The zero-order valence-electron chi connectivity index (χ0n) is 10.7. The summed E-state index contributed by atoms with van der Waals surface area (Å²) in [6, 6.07) is 0. The predicted octanol–water partition coefficient (Wildman–Crippen LogP) is 1.84. The Balaban J connectivity index is 2.58. The molecule has 0 spiro atoms. The molecule has 0 N–H and O–H groups in total. The van der Waals surface area contributed by atoms with Crippen LogP contribution >= 0.6 is 0 Å². The number of hydrogen-bond donors (Lipinski definition) is 0. The molecular weight excluding hydrogens is 218 g/mol. The number of carbonyl (C=O) groups is 2. The van der Waals surface area contributed by atoms with Crippen LogP contribution in [0.15, 0.2) is 0 Å². The lowest BCUT2D eigenvalue weighted by Crippen LogP contribution is -2.44. The third kappa shape index (κ3) is 4.10. The van der Waals surface area contributed by atoms with E-state index in [4.69, 9.17) is 11.2 Å². The van der Waals surface area contributed by atoms with Gasteiger partial charge in [0.2, 0.25) is 5.78 Å². The summed E-state index contributed by atoms with van der Waals surface area (Å²) in [4.78, 5) is 24.8. The molecule has 17 heavy (non-hydrogen) atoms. The number of terminal acetylenes is 1. The zero-order chi connectivity index (χ0) is 13.1. The second-order valence-electron chi connectivity index (χ2n) is 5.27. The van der Waals surface area contributed by atoms with Crippen LogP contribution in [-0.2, 0) is 9.53 Å². The average molecular weight is 237 g/mol. The summed E-state index contributed by atoms with van der Waals surface area (Å²) in [6.07, 6.45) is 6.26. The van der Waals surface area contributed by atoms with Crippen LogP contribution in [0.1, 0.15) is 33.6 Å². The second kappa shape index (κ2) is 5.22. The van der Waals surface area contributed by atoms with Crippen molar-refractivity contribution < 1.29 is 14.3 Å². The zero-order valence-corrected chi connectivity index (χ0v) is 10.7. The molecule has 4 heteroatoms. The topological polar surface area (TPSA) is 46.6 Å². The van der Waals surface area contributed by atoms with Crippen LogP contribution < -0.4 is 0 Å². The highest BCUT2D eigenvalue weighted by atomic mass is 16.6. The molecule has 0 aromatic heterocycles. The van der Waals surface area contributed by atoms with E-state index in [-0.39, 0.29) is 17.8 Å². The van der Waals surface area contributed by atoms with Gasteiger partial charge in [0.1, 0.15) is 5.60 Å². The molecule has 1 rings (SSSR count). The molecule has 4 nitrogen and oxygen atoms in total. The number of likely N-dealkylation sites (tertiary alicyclic amines) is 1. The van der Waals surface area contributed by atoms with Crippen molar-refractivity contribution in [2.24, 2.45) is 5.92 Å². The van der Waals surface area contributed by atoms with E-state index in [2.05, 4.69) is 5.92 Å². The third-order valence-electron chi connectivity index (χ3n) is 2.59. The molecule has 1 aliphatic rings. The molecule has 0 unspecified atom stereocenters. The van der Waals surface area contributed by atoms with E-state index in [9.17, 15) is 9.59 Å². The molecule has 1 heterocycles. The molecule has 1 saturated heterocycles. The van der Waals surface area contributed by atoms with Crippen LogP contribution in [-0.4, -0.2) is 35.5 Å². The van der Waals surface area contributed by atoms with Crippen LogP contribution in [0.5, 0.6) is 0 Å². The van der Waals surface area contributed by atoms with Gasteiger partial charge in [0.15, 0.2) is 0 Å². The van der Waals surface area contributed by atoms with Crippen molar-refractivity contribution in [3.05, 3.63) is 0 Å². The van der Waals surface area contributed by atoms with Crippen molar-refractivity contribution in [2.45, 2.75) is 39.2 Å². The van der Waals surface area contributed by atoms with Crippen molar-refractivity contribution in [1.29, 1.82) is 0 Å². The molecule has 0 aromatic carbocycles. The van der Waals surface area contributed by atoms with Gasteiger partial charge in [-0.2, -0.15) is 0 Å². The first-order valence-electron chi connectivity index (χ1n) is 5.82. The van der Waals surface area contributed by atoms with Crippen LogP contribution in [0.3, 0.4) is 0 Å². The Morgan fingerprint density at radius 2 is 2.06 bits per heavy atom. The Morgan fingerprint density at radius 3 is 2.59 bits per heavy atom. The SMILES string of the molecule is C#CC(=O)[C@@H]1CCCN(C(=O)OC(C)(C)C)C1. The lowest BCUT2D eigenvalue weighted by atomic mass is 9.94. The van der Waals surface area contributed by atoms with Gasteiger partial charge in [0, 0.05) is 19.0 Å². The molecule has 0 aliphatic carbocycles. The van der Waals surface area contributed by atoms with Crippen LogP contribution in [0.2, 0.25) is 0 Å². The van der Waals surface area contributed by atoms with E-state index >= 15 is 0 Å². The monoisotopic (exact) mass is 237 g/mol. The number of rotatable bonds is 1. The van der Waals surface area contributed by atoms with Crippen molar-refractivity contribution in [2.75, 3.05) is 13.1 Å².